The highest BCUT2D eigenvalue weighted by Crippen LogP contribution is 2.35. The summed E-state index contributed by atoms with van der Waals surface area (Å²) in [5.74, 6) is 0.795. The minimum absolute atomic E-state index is 0.0350. The summed E-state index contributed by atoms with van der Waals surface area (Å²) >= 11 is 0. The van der Waals surface area contributed by atoms with Gasteiger partial charge >= 0.3 is 0 Å². The second kappa shape index (κ2) is 7.69. The van der Waals surface area contributed by atoms with E-state index in [1.807, 2.05) is 24.3 Å². The molecule has 0 aliphatic rings. The van der Waals surface area contributed by atoms with Crippen LogP contribution in [0.5, 0.6) is 0 Å². The Morgan fingerprint density at radius 1 is 0.483 bits per heavy atom. The average Bonchev–Trinajstić information content (AvgIpc) is 2.81. The van der Waals surface area contributed by atoms with Gasteiger partial charge in [0.2, 0.25) is 0 Å². The van der Waals surface area contributed by atoms with Gasteiger partial charge in [-0.1, -0.05) is 109 Å². The van der Waals surface area contributed by atoms with Crippen molar-refractivity contribution in [3.63, 3.8) is 0 Å². The molecule has 0 unspecified atom stereocenters. The summed E-state index contributed by atoms with van der Waals surface area (Å²) in [5.41, 5.74) is 5.47. The van der Waals surface area contributed by atoms with Crippen LogP contribution in [0.15, 0.2) is 115 Å². The first-order valence-electron chi connectivity index (χ1n) is 9.82. The number of hydrogen-bond donors (Lipinski definition) is 0. The van der Waals surface area contributed by atoms with E-state index in [0.29, 0.717) is 0 Å². The van der Waals surface area contributed by atoms with E-state index in [-0.39, 0.29) is 5.92 Å². The second-order valence-corrected chi connectivity index (χ2v) is 7.07. The van der Waals surface area contributed by atoms with Crippen LogP contribution in [0.4, 0.5) is 0 Å². The zero-order valence-corrected chi connectivity index (χ0v) is 15.9. The van der Waals surface area contributed by atoms with Crippen LogP contribution in [0.2, 0.25) is 0 Å². The molecular formula is C27H20N2. The predicted octanol–water partition coefficient (Wildman–Crippen LogP) is 6.48. The zero-order valence-electron chi connectivity index (χ0n) is 15.9. The number of aromatic nitrogens is 2. The van der Waals surface area contributed by atoms with Crippen LogP contribution < -0.4 is 0 Å². The van der Waals surface area contributed by atoms with E-state index in [1.165, 1.54) is 11.1 Å². The molecule has 0 amide bonds. The Bertz CT molecular complexity index is 1190. The highest BCUT2D eigenvalue weighted by molar-refractivity contribution is 5.84. The van der Waals surface area contributed by atoms with Gasteiger partial charge in [0.05, 0.1) is 17.1 Å². The largest absolute Gasteiger partial charge is 0.231 e. The molecule has 0 spiro atoms. The summed E-state index contributed by atoms with van der Waals surface area (Å²) < 4.78 is 0. The van der Waals surface area contributed by atoms with E-state index in [4.69, 9.17) is 9.97 Å². The molecule has 2 nitrogen and oxygen atoms in total. The average molecular weight is 372 g/mol. The highest BCUT2D eigenvalue weighted by atomic mass is 14.9. The van der Waals surface area contributed by atoms with Crippen LogP contribution in [0.1, 0.15) is 22.7 Å². The lowest BCUT2D eigenvalue weighted by Crippen LogP contribution is -2.08. The van der Waals surface area contributed by atoms with Crippen molar-refractivity contribution in [1.82, 2.24) is 9.97 Å². The van der Waals surface area contributed by atoms with Crippen LogP contribution >= 0.6 is 0 Å². The molecule has 4 aromatic carbocycles. The third kappa shape index (κ3) is 3.41. The summed E-state index contributed by atoms with van der Waals surface area (Å²) in [7, 11) is 0. The van der Waals surface area contributed by atoms with Gasteiger partial charge in [-0.25, -0.2) is 9.97 Å². The molecule has 0 fully saturated rings. The molecule has 0 bridgehead atoms. The SMILES string of the molecule is c1ccc(-c2nc(C(c3ccccc3)c3ccccc3)c3ccccc3n2)cc1. The number of hydrogen-bond acceptors (Lipinski definition) is 2. The van der Waals surface area contributed by atoms with Crippen molar-refractivity contribution in [3.8, 4) is 11.4 Å². The van der Waals surface area contributed by atoms with Gasteiger partial charge in [0.1, 0.15) is 0 Å². The topological polar surface area (TPSA) is 25.8 Å². The maximum atomic E-state index is 5.11. The standard InChI is InChI=1S/C27H20N2/c1-4-12-20(13-5-1)25(21-14-6-2-7-15-21)26-23-18-10-11-19-24(23)28-27(29-26)22-16-8-3-9-17-22/h1-19,25H. The molecule has 29 heavy (non-hydrogen) atoms. The van der Waals surface area contributed by atoms with Gasteiger partial charge in [0, 0.05) is 10.9 Å². The summed E-state index contributed by atoms with van der Waals surface area (Å²) in [6, 6.07) is 39.7. The molecule has 0 saturated heterocycles. The van der Waals surface area contributed by atoms with Crippen molar-refractivity contribution in [2.45, 2.75) is 5.92 Å². The number of nitrogens with zero attached hydrogens (tertiary/aromatic N) is 2. The van der Waals surface area contributed by atoms with Crippen molar-refractivity contribution in [2.75, 3.05) is 0 Å². The maximum absolute atomic E-state index is 5.11. The van der Waals surface area contributed by atoms with Gasteiger partial charge in [-0.3, -0.25) is 0 Å². The van der Waals surface area contributed by atoms with Gasteiger partial charge < -0.3 is 0 Å². The van der Waals surface area contributed by atoms with Gasteiger partial charge in [0.15, 0.2) is 5.82 Å². The summed E-state index contributed by atoms with van der Waals surface area (Å²) in [6.07, 6.45) is 0. The summed E-state index contributed by atoms with van der Waals surface area (Å²) in [6.45, 7) is 0. The van der Waals surface area contributed by atoms with Gasteiger partial charge in [-0.2, -0.15) is 0 Å². The van der Waals surface area contributed by atoms with E-state index in [9.17, 15) is 0 Å². The van der Waals surface area contributed by atoms with Crippen LogP contribution in [0.3, 0.4) is 0 Å². The Hall–Kier alpha value is -3.78. The van der Waals surface area contributed by atoms with Gasteiger partial charge in [-0.15, -0.1) is 0 Å². The normalized spacial score (nSPS) is 11.1. The second-order valence-electron chi connectivity index (χ2n) is 7.07. The highest BCUT2D eigenvalue weighted by Gasteiger charge is 2.22. The molecular weight excluding hydrogens is 352 g/mol. The van der Waals surface area contributed by atoms with Crippen LogP contribution in [-0.2, 0) is 0 Å². The van der Waals surface area contributed by atoms with Crippen molar-refractivity contribution in [3.05, 3.63) is 132 Å². The van der Waals surface area contributed by atoms with Crippen LogP contribution in [-0.4, -0.2) is 9.97 Å². The van der Waals surface area contributed by atoms with Crippen molar-refractivity contribution >= 4 is 10.9 Å². The first-order valence-corrected chi connectivity index (χ1v) is 9.82. The molecule has 1 aromatic heterocycles. The van der Waals surface area contributed by atoms with Crippen molar-refractivity contribution < 1.29 is 0 Å². The molecule has 2 heteroatoms. The first-order chi connectivity index (χ1) is 14.4. The summed E-state index contributed by atoms with van der Waals surface area (Å²) in [5, 5.41) is 1.09. The van der Waals surface area contributed by atoms with Crippen molar-refractivity contribution in [1.29, 1.82) is 0 Å². The minimum Gasteiger partial charge on any atom is -0.231 e. The Labute approximate surface area is 170 Å². The van der Waals surface area contributed by atoms with E-state index >= 15 is 0 Å². The molecule has 0 aliphatic heterocycles. The Morgan fingerprint density at radius 2 is 1.00 bits per heavy atom. The molecule has 5 rings (SSSR count). The van der Waals surface area contributed by atoms with E-state index in [1.54, 1.807) is 0 Å². The summed E-state index contributed by atoms with van der Waals surface area (Å²) in [4.78, 5) is 9.98. The fourth-order valence-electron chi connectivity index (χ4n) is 3.84. The molecule has 5 aromatic rings. The fourth-order valence-corrected chi connectivity index (χ4v) is 3.84. The van der Waals surface area contributed by atoms with Crippen LogP contribution in [0.25, 0.3) is 22.3 Å². The van der Waals surface area contributed by atoms with E-state index in [0.717, 1.165) is 28.0 Å². The molecule has 0 N–H and O–H groups in total. The lowest BCUT2D eigenvalue weighted by Gasteiger charge is -2.20. The van der Waals surface area contributed by atoms with Gasteiger partial charge in [0.25, 0.3) is 0 Å². The first kappa shape index (κ1) is 17.3. The molecule has 0 saturated carbocycles. The van der Waals surface area contributed by atoms with E-state index in [2.05, 4.69) is 91.0 Å². The van der Waals surface area contributed by atoms with Crippen LogP contribution in [0, 0.1) is 0 Å². The Morgan fingerprint density at radius 3 is 1.62 bits per heavy atom. The lowest BCUT2D eigenvalue weighted by molar-refractivity contribution is 0.926. The van der Waals surface area contributed by atoms with Gasteiger partial charge in [-0.05, 0) is 17.2 Å². The molecule has 138 valence electrons. The molecule has 1 heterocycles. The smallest absolute Gasteiger partial charge is 0.160 e. The molecule has 0 atom stereocenters. The third-order valence-electron chi connectivity index (χ3n) is 5.20. The van der Waals surface area contributed by atoms with E-state index < -0.39 is 0 Å². The monoisotopic (exact) mass is 372 g/mol. The Balaban J connectivity index is 1.81. The lowest BCUT2D eigenvalue weighted by atomic mass is 9.86. The quantitative estimate of drug-likeness (QED) is 0.361. The number of para-hydroxylation sites is 1. The molecule has 0 aliphatic carbocycles. The number of benzene rings is 4. The maximum Gasteiger partial charge on any atom is 0.160 e. The Kier molecular flexibility index (Phi) is 4.59. The number of fused-ring (bicyclic) bond motifs is 1. The zero-order chi connectivity index (χ0) is 19.5. The predicted molar refractivity (Wildman–Crippen MR) is 119 cm³/mol. The number of rotatable bonds is 4. The van der Waals surface area contributed by atoms with Crippen molar-refractivity contribution in [2.24, 2.45) is 0 Å². The molecule has 0 radical (unpaired) electrons. The third-order valence-corrected chi connectivity index (χ3v) is 5.20. The fraction of sp³-hybridized carbons (Fsp3) is 0.0370. The minimum atomic E-state index is 0.0350.